The third kappa shape index (κ3) is 3.87. The second-order valence-electron chi connectivity index (χ2n) is 5.86. The minimum Gasteiger partial charge on any atom is -0.493 e. The van der Waals surface area contributed by atoms with Crippen LogP contribution in [0.1, 0.15) is 32.3 Å². The van der Waals surface area contributed by atoms with Crippen LogP contribution in [0.4, 0.5) is 0 Å². The molecule has 1 unspecified atom stereocenters. The van der Waals surface area contributed by atoms with Gasteiger partial charge in [-0.1, -0.05) is 6.07 Å². The van der Waals surface area contributed by atoms with E-state index in [0.717, 1.165) is 30.9 Å². The van der Waals surface area contributed by atoms with E-state index in [1.807, 2.05) is 25.2 Å². The SMILES string of the molecule is CNCc1ccc(OC)c(OCC2CCC(C)(C)O2)c1. The van der Waals surface area contributed by atoms with Gasteiger partial charge in [-0.2, -0.15) is 0 Å². The lowest BCUT2D eigenvalue weighted by molar-refractivity contribution is -0.0329. The highest BCUT2D eigenvalue weighted by Gasteiger charge is 2.32. The second-order valence-corrected chi connectivity index (χ2v) is 5.86. The predicted molar refractivity (Wildman–Crippen MR) is 79.4 cm³/mol. The minimum atomic E-state index is -0.0217. The Balaban J connectivity index is 1.99. The molecule has 112 valence electrons. The number of ether oxygens (including phenoxy) is 3. The molecule has 1 aromatic carbocycles. The van der Waals surface area contributed by atoms with E-state index in [-0.39, 0.29) is 11.7 Å². The van der Waals surface area contributed by atoms with Crippen molar-refractivity contribution in [1.82, 2.24) is 5.32 Å². The van der Waals surface area contributed by atoms with E-state index in [1.165, 1.54) is 5.56 Å². The summed E-state index contributed by atoms with van der Waals surface area (Å²) in [5, 5.41) is 3.14. The Bertz CT molecular complexity index is 445. The third-order valence-electron chi connectivity index (χ3n) is 3.59. The molecule has 20 heavy (non-hydrogen) atoms. The van der Waals surface area contributed by atoms with Gasteiger partial charge in [-0.25, -0.2) is 0 Å². The number of benzene rings is 1. The minimum absolute atomic E-state index is 0.0217. The average molecular weight is 279 g/mol. The highest BCUT2D eigenvalue weighted by atomic mass is 16.6. The van der Waals surface area contributed by atoms with E-state index in [0.29, 0.717) is 6.61 Å². The van der Waals surface area contributed by atoms with Crippen LogP contribution in [0.5, 0.6) is 11.5 Å². The summed E-state index contributed by atoms with van der Waals surface area (Å²) in [5.41, 5.74) is 1.16. The summed E-state index contributed by atoms with van der Waals surface area (Å²) in [6.45, 7) is 5.64. The summed E-state index contributed by atoms with van der Waals surface area (Å²) in [5.74, 6) is 1.55. The molecule has 0 bridgehead atoms. The molecular formula is C16H25NO3. The quantitative estimate of drug-likeness (QED) is 0.869. The molecule has 0 amide bonds. The van der Waals surface area contributed by atoms with Crippen LogP contribution in [0.15, 0.2) is 18.2 Å². The van der Waals surface area contributed by atoms with Gasteiger partial charge in [-0.15, -0.1) is 0 Å². The summed E-state index contributed by atoms with van der Waals surface area (Å²) in [7, 11) is 3.59. The molecule has 1 fully saturated rings. The van der Waals surface area contributed by atoms with Gasteiger partial charge in [0.2, 0.25) is 0 Å². The zero-order valence-electron chi connectivity index (χ0n) is 12.9. The molecule has 1 heterocycles. The smallest absolute Gasteiger partial charge is 0.161 e. The van der Waals surface area contributed by atoms with Crippen LogP contribution in [0.25, 0.3) is 0 Å². The highest BCUT2D eigenvalue weighted by molar-refractivity contribution is 5.43. The molecule has 0 aliphatic carbocycles. The molecule has 0 spiro atoms. The Kier molecular flexibility index (Phi) is 4.89. The van der Waals surface area contributed by atoms with Crippen LogP contribution in [-0.4, -0.2) is 32.5 Å². The van der Waals surface area contributed by atoms with Crippen molar-refractivity contribution >= 4 is 0 Å². The van der Waals surface area contributed by atoms with E-state index in [9.17, 15) is 0 Å². The molecule has 4 heteroatoms. The van der Waals surface area contributed by atoms with Gasteiger partial charge in [0.25, 0.3) is 0 Å². The van der Waals surface area contributed by atoms with Crippen LogP contribution in [-0.2, 0) is 11.3 Å². The molecule has 4 nitrogen and oxygen atoms in total. The summed E-state index contributed by atoms with van der Waals surface area (Å²) < 4.78 is 17.2. The molecule has 0 aromatic heterocycles. The molecule has 2 rings (SSSR count). The lowest BCUT2D eigenvalue weighted by Crippen LogP contribution is -2.24. The van der Waals surface area contributed by atoms with Crippen molar-refractivity contribution in [2.75, 3.05) is 20.8 Å². The largest absolute Gasteiger partial charge is 0.493 e. The van der Waals surface area contributed by atoms with Crippen LogP contribution < -0.4 is 14.8 Å². The summed E-state index contributed by atoms with van der Waals surface area (Å²) in [4.78, 5) is 0. The van der Waals surface area contributed by atoms with Crippen LogP contribution in [0.2, 0.25) is 0 Å². The van der Waals surface area contributed by atoms with Crippen LogP contribution in [0.3, 0.4) is 0 Å². The Morgan fingerprint density at radius 3 is 2.75 bits per heavy atom. The number of nitrogens with one attached hydrogen (secondary N) is 1. The number of methoxy groups -OCH3 is 1. The lowest BCUT2D eigenvalue weighted by Gasteiger charge is -2.20. The number of rotatable bonds is 6. The molecule has 0 saturated carbocycles. The maximum Gasteiger partial charge on any atom is 0.161 e. The standard InChI is InChI=1S/C16H25NO3/c1-16(2)8-7-13(20-16)11-19-15-9-12(10-17-3)5-6-14(15)18-4/h5-6,9,13,17H,7-8,10-11H2,1-4H3. The first-order chi connectivity index (χ1) is 9.54. The van der Waals surface area contributed by atoms with Gasteiger partial charge >= 0.3 is 0 Å². The average Bonchev–Trinajstić information content (AvgIpc) is 2.76. The second kappa shape index (κ2) is 6.46. The van der Waals surface area contributed by atoms with Crippen molar-refractivity contribution in [3.63, 3.8) is 0 Å². The van der Waals surface area contributed by atoms with E-state index in [2.05, 4.69) is 19.2 Å². The Morgan fingerprint density at radius 2 is 2.15 bits per heavy atom. The van der Waals surface area contributed by atoms with Gasteiger partial charge in [0, 0.05) is 6.54 Å². The van der Waals surface area contributed by atoms with E-state index in [4.69, 9.17) is 14.2 Å². The maximum atomic E-state index is 5.94. The zero-order chi connectivity index (χ0) is 14.6. The van der Waals surface area contributed by atoms with Crippen molar-refractivity contribution in [2.45, 2.75) is 44.9 Å². The summed E-state index contributed by atoms with van der Waals surface area (Å²) in [6.07, 6.45) is 2.30. The van der Waals surface area contributed by atoms with E-state index in [1.54, 1.807) is 7.11 Å². The summed E-state index contributed by atoms with van der Waals surface area (Å²) in [6, 6.07) is 6.01. The van der Waals surface area contributed by atoms with Crippen LogP contribution in [0, 0.1) is 0 Å². The van der Waals surface area contributed by atoms with Crippen LogP contribution >= 0.6 is 0 Å². The number of hydrogen-bond acceptors (Lipinski definition) is 4. The molecule has 1 saturated heterocycles. The van der Waals surface area contributed by atoms with Gasteiger partial charge in [0.15, 0.2) is 11.5 Å². The monoisotopic (exact) mass is 279 g/mol. The molecule has 1 atom stereocenters. The van der Waals surface area contributed by atoms with Gasteiger partial charge < -0.3 is 19.5 Å². The van der Waals surface area contributed by atoms with Crippen molar-refractivity contribution in [2.24, 2.45) is 0 Å². The predicted octanol–water partition coefficient (Wildman–Crippen LogP) is 2.75. The van der Waals surface area contributed by atoms with E-state index >= 15 is 0 Å². The van der Waals surface area contributed by atoms with Gasteiger partial charge in [0.05, 0.1) is 18.8 Å². The Hall–Kier alpha value is -1.26. The van der Waals surface area contributed by atoms with Gasteiger partial charge in [0.1, 0.15) is 6.61 Å². The van der Waals surface area contributed by atoms with Crippen molar-refractivity contribution in [1.29, 1.82) is 0 Å². The lowest BCUT2D eigenvalue weighted by atomic mass is 10.1. The first kappa shape index (κ1) is 15.1. The fraction of sp³-hybridized carbons (Fsp3) is 0.625. The van der Waals surface area contributed by atoms with Crippen molar-refractivity contribution in [3.8, 4) is 11.5 Å². The molecular weight excluding hydrogens is 254 g/mol. The van der Waals surface area contributed by atoms with E-state index < -0.39 is 0 Å². The zero-order valence-corrected chi connectivity index (χ0v) is 12.9. The first-order valence-electron chi connectivity index (χ1n) is 7.16. The molecule has 1 aromatic rings. The maximum absolute atomic E-state index is 5.94. The first-order valence-corrected chi connectivity index (χ1v) is 7.16. The normalized spacial score (nSPS) is 20.9. The van der Waals surface area contributed by atoms with Crippen molar-refractivity contribution < 1.29 is 14.2 Å². The Labute approximate surface area is 121 Å². The Morgan fingerprint density at radius 1 is 1.35 bits per heavy atom. The third-order valence-corrected chi connectivity index (χ3v) is 3.59. The fourth-order valence-corrected chi connectivity index (χ4v) is 2.53. The van der Waals surface area contributed by atoms with Gasteiger partial charge in [-0.05, 0) is 51.4 Å². The highest BCUT2D eigenvalue weighted by Crippen LogP contribution is 2.32. The molecule has 1 N–H and O–H groups in total. The van der Waals surface area contributed by atoms with Gasteiger partial charge in [-0.3, -0.25) is 0 Å². The molecule has 0 radical (unpaired) electrons. The number of hydrogen-bond donors (Lipinski definition) is 1. The topological polar surface area (TPSA) is 39.7 Å². The van der Waals surface area contributed by atoms with Crippen molar-refractivity contribution in [3.05, 3.63) is 23.8 Å². The molecule has 1 aliphatic rings. The summed E-state index contributed by atoms with van der Waals surface area (Å²) >= 11 is 0. The fourth-order valence-electron chi connectivity index (χ4n) is 2.53. The molecule has 1 aliphatic heterocycles.